The lowest BCUT2D eigenvalue weighted by Gasteiger charge is -2.45. The lowest BCUT2D eigenvalue weighted by Crippen LogP contribution is -2.64. The smallest absolute Gasteiger partial charge is 0.323 e. The second-order valence-corrected chi connectivity index (χ2v) is 8.51. The van der Waals surface area contributed by atoms with E-state index in [2.05, 4.69) is 0 Å². The number of ether oxygens (including phenoxy) is 6. The van der Waals surface area contributed by atoms with E-state index in [1.54, 1.807) is 27.7 Å². The van der Waals surface area contributed by atoms with Crippen LogP contribution < -0.4 is 0 Å². The first-order valence-corrected chi connectivity index (χ1v) is 12.8. The fourth-order valence-corrected chi connectivity index (χ4v) is 3.80. The van der Waals surface area contributed by atoms with Gasteiger partial charge in [0.25, 0.3) is 0 Å². The molecule has 11 nitrogen and oxygen atoms in total. The molecule has 0 aromatic rings. The molecule has 0 aromatic heterocycles. The Balaban J connectivity index is 3.63. The second kappa shape index (κ2) is 16.4. The maximum atomic E-state index is 12.6. The zero-order valence-corrected chi connectivity index (χ0v) is 22.2. The molecule has 6 atom stereocenters. The van der Waals surface area contributed by atoms with Crippen molar-refractivity contribution in [1.29, 1.82) is 0 Å². The molecule has 0 bridgehead atoms. The number of halogens is 1. The molecular formula is C24H37ClO11. The fourth-order valence-electron chi connectivity index (χ4n) is 3.74. The standard InChI is InChI=1S/C24H37ClO11/c1-6-10-15(26)32-20-19(14(9-4)23(30)31-5)36-24(35-18(29)13-25)22(34-17(28)12-8-3)21(20)33-16(27)11-7-2/h14,19-22,24H,6-13H2,1-5H3/t14?,19-,20-,21+,22-,24?/m1/s1. The van der Waals surface area contributed by atoms with Gasteiger partial charge in [0, 0.05) is 19.3 Å². The number of hydrogen-bond acceptors (Lipinski definition) is 11. The molecule has 0 N–H and O–H groups in total. The summed E-state index contributed by atoms with van der Waals surface area (Å²) in [6.45, 7) is 6.98. The van der Waals surface area contributed by atoms with Crippen molar-refractivity contribution in [1.82, 2.24) is 0 Å². The summed E-state index contributed by atoms with van der Waals surface area (Å²) >= 11 is 5.60. The average Bonchev–Trinajstić information content (AvgIpc) is 2.83. The quantitative estimate of drug-likeness (QED) is 0.184. The molecule has 0 aliphatic carbocycles. The number of carbonyl (C=O) groups excluding carboxylic acids is 5. The third-order valence-electron chi connectivity index (χ3n) is 5.39. The number of alkyl halides is 1. The van der Waals surface area contributed by atoms with Crippen LogP contribution in [0.25, 0.3) is 0 Å². The molecule has 0 spiro atoms. The Morgan fingerprint density at radius 3 is 1.61 bits per heavy atom. The minimum absolute atomic E-state index is 0.0196. The Hall–Kier alpha value is -2.40. The minimum Gasteiger partial charge on any atom is -0.469 e. The molecule has 1 heterocycles. The van der Waals surface area contributed by atoms with Gasteiger partial charge in [0.1, 0.15) is 12.0 Å². The van der Waals surface area contributed by atoms with E-state index in [4.69, 9.17) is 40.0 Å². The van der Waals surface area contributed by atoms with Crippen LogP contribution in [0.5, 0.6) is 0 Å². The molecule has 1 fully saturated rings. The largest absolute Gasteiger partial charge is 0.469 e. The monoisotopic (exact) mass is 536 g/mol. The second-order valence-electron chi connectivity index (χ2n) is 8.24. The maximum Gasteiger partial charge on any atom is 0.323 e. The summed E-state index contributed by atoms with van der Waals surface area (Å²) in [5.41, 5.74) is 0. The fraction of sp³-hybridized carbons (Fsp3) is 0.792. The topological polar surface area (TPSA) is 141 Å². The van der Waals surface area contributed by atoms with Crippen LogP contribution in [-0.2, 0) is 52.4 Å². The average molecular weight is 537 g/mol. The Kier molecular flexibility index (Phi) is 14.4. The van der Waals surface area contributed by atoms with E-state index in [0.717, 1.165) is 0 Å². The maximum absolute atomic E-state index is 12.6. The SMILES string of the molecule is CCCC(=O)O[C@H]1[C@H](OC(=O)CCC)[C@@H](OC(=O)CCC)C(OC(=O)CCl)O[C@@H]1C(CC)C(=O)OC. The number of rotatable bonds is 14. The third-order valence-corrected chi connectivity index (χ3v) is 5.61. The number of carbonyl (C=O) groups is 5. The Bertz CT molecular complexity index is 756. The summed E-state index contributed by atoms with van der Waals surface area (Å²) in [4.78, 5) is 62.3. The predicted molar refractivity (Wildman–Crippen MR) is 126 cm³/mol. The summed E-state index contributed by atoms with van der Waals surface area (Å²) in [5.74, 6) is -5.08. The Labute approximate surface area is 216 Å². The van der Waals surface area contributed by atoms with Crippen molar-refractivity contribution in [2.45, 2.75) is 103 Å². The van der Waals surface area contributed by atoms with E-state index >= 15 is 0 Å². The zero-order valence-electron chi connectivity index (χ0n) is 21.5. The molecule has 0 saturated carbocycles. The highest BCUT2D eigenvalue weighted by Crippen LogP contribution is 2.35. The van der Waals surface area contributed by atoms with E-state index in [-0.39, 0.29) is 25.7 Å². The van der Waals surface area contributed by atoms with Crippen molar-refractivity contribution in [3.63, 3.8) is 0 Å². The summed E-state index contributed by atoms with van der Waals surface area (Å²) in [5, 5.41) is 0. The molecular weight excluding hydrogens is 500 g/mol. The van der Waals surface area contributed by atoms with Crippen LogP contribution in [0.2, 0.25) is 0 Å². The minimum atomic E-state index is -1.60. The highest BCUT2D eigenvalue weighted by atomic mass is 35.5. The first kappa shape index (κ1) is 31.6. The van der Waals surface area contributed by atoms with Crippen molar-refractivity contribution in [2.75, 3.05) is 13.0 Å². The number of esters is 5. The first-order chi connectivity index (χ1) is 17.2. The van der Waals surface area contributed by atoms with E-state index in [1.165, 1.54) is 7.11 Å². The van der Waals surface area contributed by atoms with Gasteiger partial charge in [-0.15, -0.1) is 11.6 Å². The number of methoxy groups -OCH3 is 1. The van der Waals surface area contributed by atoms with Crippen molar-refractivity contribution >= 4 is 41.4 Å². The van der Waals surface area contributed by atoms with Gasteiger partial charge < -0.3 is 28.4 Å². The van der Waals surface area contributed by atoms with Gasteiger partial charge in [-0.3, -0.25) is 24.0 Å². The summed E-state index contributed by atoms with van der Waals surface area (Å²) in [6.07, 6.45) is -5.48. The number of hydrogen-bond donors (Lipinski definition) is 0. The molecule has 0 amide bonds. The molecule has 0 radical (unpaired) electrons. The Morgan fingerprint density at radius 1 is 0.722 bits per heavy atom. The van der Waals surface area contributed by atoms with E-state index in [1.807, 2.05) is 0 Å². The van der Waals surface area contributed by atoms with Crippen molar-refractivity contribution in [2.24, 2.45) is 5.92 Å². The highest BCUT2D eigenvalue weighted by Gasteiger charge is 2.56. The molecule has 36 heavy (non-hydrogen) atoms. The van der Waals surface area contributed by atoms with Crippen LogP contribution in [0.1, 0.15) is 72.6 Å². The van der Waals surface area contributed by atoms with Crippen LogP contribution in [0.3, 0.4) is 0 Å². The predicted octanol–water partition coefficient (Wildman–Crippen LogP) is 2.83. The molecule has 12 heteroatoms. The van der Waals surface area contributed by atoms with Crippen LogP contribution in [-0.4, -0.2) is 73.5 Å². The van der Waals surface area contributed by atoms with Gasteiger partial charge in [-0.05, 0) is 25.7 Å². The molecule has 1 saturated heterocycles. The van der Waals surface area contributed by atoms with Crippen molar-refractivity contribution < 1.29 is 52.4 Å². The van der Waals surface area contributed by atoms with Crippen molar-refractivity contribution in [3.05, 3.63) is 0 Å². The van der Waals surface area contributed by atoms with E-state index < -0.39 is 72.4 Å². The van der Waals surface area contributed by atoms with Gasteiger partial charge in [0.15, 0.2) is 12.2 Å². The van der Waals surface area contributed by atoms with Gasteiger partial charge >= 0.3 is 29.8 Å². The summed E-state index contributed by atoms with van der Waals surface area (Å²) in [7, 11) is 1.19. The molecule has 206 valence electrons. The molecule has 0 aromatic carbocycles. The van der Waals surface area contributed by atoms with Gasteiger partial charge in [-0.1, -0.05) is 27.7 Å². The molecule has 1 rings (SSSR count). The summed E-state index contributed by atoms with van der Waals surface area (Å²) in [6, 6.07) is 0. The normalized spacial score (nSPS) is 24.2. The molecule has 2 unspecified atom stereocenters. The van der Waals surface area contributed by atoms with Gasteiger partial charge in [0.2, 0.25) is 12.4 Å². The Morgan fingerprint density at radius 2 is 1.19 bits per heavy atom. The van der Waals surface area contributed by atoms with Crippen LogP contribution in [0.15, 0.2) is 0 Å². The summed E-state index contributed by atoms with van der Waals surface area (Å²) < 4.78 is 33.0. The van der Waals surface area contributed by atoms with E-state index in [0.29, 0.717) is 19.3 Å². The van der Waals surface area contributed by atoms with Gasteiger partial charge in [0.05, 0.1) is 13.0 Å². The first-order valence-electron chi connectivity index (χ1n) is 12.2. The van der Waals surface area contributed by atoms with Gasteiger partial charge in [-0.2, -0.15) is 0 Å². The highest BCUT2D eigenvalue weighted by molar-refractivity contribution is 6.26. The molecule has 1 aliphatic rings. The third kappa shape index (κ3) is 9.24. The van der Waals surface area contributed by atoms with Gasteiger partial charge in [-0.25, -0.2) is 0 Å². The lowest BCUT2D eigenvalue weighted by atomic mass is 9.87. The van der Waals surface area contributed by atoms with Crippen LogP contribution in [0, 0.1) is 5.92 Å². The van der Waals surface area contributed by atoms with E-state index in [9.17, 15) is 24.0 Å². The van der Waals surface area contributed by atoms with Crippen LogP contribution >= 0.6 is 11.6 Å². The lowest BCUT2D eigenvalue weighted by molar-refractivity contribution is -0.303. The molecule has 1 aliphatic heterocycles. The van der Waals surface area contributed by atoms with Crippen molar-refractivity contribution in [3.8, 4) is 0 Å². The zero-order chi connectivity index (χ0) is 27.3. The van der Waals surface area contributed by atoms with Crippen LogP contribution in [0.4, 0.5) is 0 Å².